The molecule has 0 amide bonds. The summed E-state index contributed by atoms with van der Waals surface area (Å²) >= 11 is 6.02. The highest BCUT2D eigenvalue weighted by Crippen LogP contribution is 2.30. The van der Waals surface area contributed by atoms with Crippen LogP contribution in [0.1, 0.15) is 0 Å². The molecule has 0 saturated heterocycles. The van der Waals surface area contributed by atoms with Gasteiger partial charge in [-0.15, -0.1) is 0 Å². The van der Waals surface area contributed by atoms with E-state index < -0.39 is 10.0 Å². The van der Waals surface area contributed by atoms with E-state index in [4.69, 9.17) is 17.3 Å². The Kier molecular flexibility index (Phi) is 3.23. The molecular weight excluding hydrogens is 312 g/mol. The van der Waals surface area contributed by atoms with Gasteiger partial charge in [0.05, 0.1) is 21.9 Å². The van der Waals surface area contributed by atoms with Crippen molar-refractivity contribution < 1.29 is 8.42 Å². The average Bonchev–Trinajstić information content (AvgIpc) is 2.82. The highest BCUT2D eigenvalue weighted by Gasteiger charge is 2.19. The van der Waals surface area contributed by atoms with E-state index in [1.165, 1.54) is 18.5 Å². The van der Waals surface area contributed by atoms with Crippen molar-refractivity contribution in [3.8, 4) is 0 Å². The number of anilines is 2. The number of sulfonamides is 1. The minimum atomic E-state index is -3.83. The summed E-state index contributed by atoms with van der Waals surface area (Å²) in [6, 6.07) is 6.58. The molecule has 0 spiro atoms. The number of nitrogens with zero attached hydrogens (tertiary/aromatic N) is 1. The van der Waals surface area contributed by atoms with Gasteiger partial charge < -0.3 is 10.7 Å². The third-order valence-corrected chi connectivity index (χ3v) is 4.74. The first-order valence-electron chi connectivity index (χ1n) is 5.97. The summed E-state index contributed by atoms with van der Waals surface area (Å²) in [5.41, 5.74) is 6.82. The third-order valence-electron chi connectivity index (χ3n) is 3.02. The minimum Gasteiger partial charge on any atom is -0.398 e. The normalized spacial score (nSPS) is 11.7. The molecule has 2 heterocycles. The van der Waals surface area contributed by atoms with Crippen LogP contribution in [0.4, 0.5) is 11.4 Å². The van der Waals surface area contributed by atoms with Crippen LogP contribution in [0.15, 0.2) is 47.8 Å². The number of benzene rings is 1. The van der Waals surface area contributed by atoms with Gasteiger partial charge in [0.25, 0.3) is 10.0 Å². The topological polar surface area (TPSA) is 101 Å². The Morgan fingerprint density at radius 3 is 2.86 bits per heavy atom. The molecule has 8 heteroatoms. The molecular formula is C13H11ClN4O2S. The Hall–Kier alpha value is -2.25. The maximum absolute atomic E-state index is 12.4. The van der Waals surface area contributed by atoms with Crippen molar-refractivity contribution in [3.05, 3.63) is 47.9 Å². The predicted octanol–water partition coefficient (Wildman–Crippen LogP) is 2.60. The largest absolute Gasteiger partial charge is 0.398 e. The SMILES string of the molecule is Nc1ccncc1S(=O)(=O)Nc1cccc2c(Cl)c[nH]c12. The van der Waals surface area contributed by atoms with Gasteiger partial charge >= 0.3 is 0 Å². The molecule has 6 nitrogen and oxygen atoms in total. The van der Waals surface area contributed by atoms with Crippen LogP contribution in [0.25, 0.3) is 10.9 Å². The molecule has 0 bridgehead atoms. The number of hydrogen-bond acceptors (Lipinski definition) is 4. The Morgan fingerprint density at radius 1 is 1.29 bits per heavy atom. The van der Waals surface area contributed by atoms with Crippen molar-refractivity contribution in [2.45, 2.75) is 4.90 Å². The Labute approximate surface area is 126 Å². The Bertz CT molecular complexity index is 921. The molecule has 108 valence electrons. The molecule has 0 atom stereocenters. The van der Waals surface area contributed by atoms with Crippen molar-refractivity contribution in [1.82, 2.24) is 9.97 Å². The monoisotopic (exact) mass is 322 g/mol. The zero-order chi connectivity index (χ0) is 15.0. The number of nitrogen functional groups attached to an aromatic ring is 1. The summed E-state index contributed by atoms with van der Waals surface area (Å²) in [7, 11) is -3.83. The highest BCUT2D eigenvalue weighted by atomic mass is 35.5. The predicted molar refractivity (Wildman–Crippen MR) is 82.8 cm³/mol. The maximum atomic E-state index is 12.4. The molecule has 21 heavy (non-hydrogen) atoms. The highest BCUT2D eigenvalue weighted by molar-refractivity contribution is 7.92. The van der Waals surface area contributed by atoms with Gasteiger partial charge in [0.15, 0.2) is 0 Å². The van der Waals surface area contributed by atoms with Crippen LogP contribution in [0, 0.1) is 0 Å². The second-order valence-electron chi connectivity index (χ2n) is 4.38. The van der Waals surface area contributed by atoms with Crippen LogP contribution < -0.4 is 10.5 Å². The fourth-order valence-corrected chi connectivity index (χ4v) is 3.38. The van der Waals surface area contributed by atoms with Gasteiger partial charge in [0.2, 0.25) is 0 Å². The van der Waals surface area contributed by atoms with Gasteiger partial charge in [-0.25, -0.2) is 8.42 Å². The van der Waals surface area contributed by atoms with Gasteiger partial charge in [0.1, 0.15) is 4.90 Å². The van der Waals surface area contributed by atoms with Crippen molar-refractivity contribution in [2.24, 2.45) is 0 Å². The molecule has 3 aromatic rings. The van der Waals surface area contributed by atoms with Crippen molar-refractivity contribution in [3.63, 3.8) is 0 Å². The van der Waals surface area contributed by atoms with E-state index in [1.54, 1.807) is 24.4 Å². The molecule has 0 fully saturated rings. The number of rotatable bonds is 3. The Balaban J connectivity index is 2.08. The number of aromatic nitrogens is 2. The average molecular weight is 323 g/mol. The van der Waals surface area contributed by atoms with Crippen molar-refractivity contribution in [2.75, 3.05) is 10.5 Å². The van der Waals surface area contributed by atoms with Gasteiger partial charge in [-0.05, 0) is 12.1 Å². The van der Waals surface area contributed by atoms with Crippen LogP contribution in [0.2, 0.25) is 5.02 Å². The van der Waals surface area contributed by atoms with E-state index >= 15 is 0 Å². The number of aromatic amines is 1. The summed E-state index contributed by atoms with van der Waals surface area (Å²) in [4.78, 5) is 6.66. The van der Waals surface area contributed by atoms with E-state index in [-0.39, 0.29) is 10.6 Å². The van der Waals surface area contributed by atoms with E-state index in [1.807, 2.05) is 0 Å². The fourth-order valence-electron chi connectivity index (χ4n) is 2.02. The second kappa shape index (κ2) is 4.94. The number of hydrogen-bond donors (Lipinski definition) is 3. The van der Waals surface area contributed by atoms with Gasteiger partial charge in [0, 0.05) is 24.0 Å². The molecule has 3 rings (SSSR count). The number of H-pyrrole nitrogens is 1. The van der Waals surface area contributed by atoms with Crippen LogP contribution in [0.3, 0.4) is 0 Å². The third kappa shape index (κ3) is 2.41. The number of nitrogens with one attached hydrogen (secondary N) is 2. The number of pyridine rings is 1. The lowest BCUT2D eigenvalue weighted by atomic mass is 10.2. The Morgan fingerprint density at radius 2 is 2.10 bits per heavy atom. The zero-order valence-electron chi connectivity index (χ0n) is 10.7. The molecule has 1 aromatic carbocycles. The lowest BCUT2D eigenvalue weighted by molar-refractivity contribution is 0.601. The van der Waals surface area contributed by atoms with E-state index in [0.29, 0.717) is 16.2 Å². The summed E-state index contributed by atoms with van der Waals surface area (Å²) in [6.07, 6.45) is 4.24. The van der Waals surface area contributed by atoms with E-state index in [0.717, 1.165) is 5.39 Å². The number of halogens is 1. The lowest BCUT2D eigenvalue weighted by Gasteiger charge is -2.10. The zero-order valence-corrected chi connectivity index (χ0v) is 12.2. The molecule has 0 saturated carbocycles. The molecule has 0 unspecified atom stereocenters. The summed E-state index contributed by atoms with van der Waals surface area (Å²) in [6.45, 7) is 0. The first-order valence-corrected chi connectivity index (χ1v) is 7.83. The van der Waals surface area contributed by atoms with Crippen LogP contribution >= 0.6 is 11.6 Å². The summed E-state index contributed by atoms with van der Waals surface area (Å²) in [5, 5.41) is 1.25. The quantitative estimate of drug-likeness (QED) is 0.690. The molecule has 0 aliphatic rings. The molecule has 0 radical (unpaired) electrons. The second-order valence-corrected chi connectivity index (χ2v) is 6.44. The van der Waals surface area contributed by atoms with Gasteiger partial charge in [-0.1, -0.05) is 23.7 Å². The molecule has 0 aliphatic carbocycles. The maximum Gasteiger partial charge on any atom is 0.265 e. The fraction of sp³-hybridized carbons (Fsp3) is 0. The summed E-state index contributed by atoms with van der Waals surface area (Å²) < 4.78 is 27.3. The molecule has 4 N–H and O–H groups in total. The van der Waals surface area contributed by atoms with E-state index in [2.05, 4.69) is 14.7 Å². The van der Waals surface area contributed by atoms with Gasteiger partial charge in [-0.3, -0.25) is 9.71 Å². The standard InChI is InChI=1S/C13H11ClN4O2S/c14-9-6-17-13-8(9)2-1-3-11(13)18-21(19,20)12-7-16-5-4-10(12)15/h1-7,17-18H,(H2,15,16). The molecule has 2 aromatic heterocycles. The summed E-state index contributed by atoms with van der Waals surface area (Å²) in [5.74, 6) is 0. The lowest BCUT2D eigenvalue weighted by Crippen LogP contribution is -2.15. The van der Waals surface area contributed by atoms with Crippen LogP contribution in [-0.2, 0) is 10.0 Å². The van der Waals surface area contributed by atoms with Crippen LogP contribution in [-0.4, -0.2) is 18.4 Å². The number of para-hydroxylation sites is 1. The number of fused-ring (bicyclic) bond motifs is 1. The van der Waals surface area contributed by atoms with Crippen LogP contribution in [0.5, 0.6) is 0 Å². The minimum absolute atomic E-state index is 0.0698. The molecule has 0 aliphatic heterocycles. The first-order chi connectivity index (χ1) is 9.99. The van der Waals surface area contributed by atoms with E-state index in [9.17, 15) is 8.42 Å². The van der Waals surface area contributed by atoms with Crippen molar-refractivity contribution in [1.29, 1.82) is 0 Å². The smallest absolute Gasteiger partial charge is 0.265 e. The van der Waals surface area contributed by atoms with Gasteiger partial charge in [-0.2, -0.15) is 0 Å². The first kappa shape index (κ1) is 13.7. The van der Waals surface area contributed by atoms with Crippen molar-refractivity contribution >= 4 is 43.9 Å². The number of nitrogens with two attached hydrogens (primary N) is 1.